The second kappa shape index (κ2) is 5.60. The standard InChI is InChI=1S/C17H13F2NO2/c1-2-20(12-7-8-13(18)14(19)10-12)17(21)16-9-11-5-3-4-6-15(11)22-16/h3-10H,2H2,1H3. The summed E-state index contributed by atoms with van der Waals surface area (Å²) in [5.41, 5.74) is 0.888. The van der Waals surface area contributed by atoms with Gasteiger partial charge in [0.05, 0.1) is 0 Å². The van der Waals surface area contributed by atoms with Crippen molar-refractivity contribution in [3.05, 3.63) is 65.9 Å². The van der Waals surface area contributed by atoms with Crippen molar-refractivity contribution >= 4 is 22.6 Å². The largest absolute Gasteiger partial charge is 0.451 e. The highest BCUT2D eigenvalue weighted by Gasteiger charge is 2.21. The Kier molecular flexibility index (Phi) is 3.63. The van der Waals surface area contributed by atoms with Gasteiger partial charge in [-0.15, -0.1) is 0 Å². The molecule has 1 heterocycles. The van der Waals surface area contributed by atoms with E-state index in [2.05, 4.69) is 0 Å². The van der Waals surface area contributed by atoms with E-state index in [1.54, 1.807) is 19.1 Å². The first-order valence-corrected chi connectivity index (χ1v) is 6.85. The molecule has 0 aliphatic carbocycles. The van der Waals surface area contributed by atoms with E-state index in [-0.39, 0.29) is 11.4 Å². The first-order valence-electron chi connectivity index (χ1n) is 6.85. The van der Waals surface area contributed by atoms with Crippen LogP contribution in [-0.4, -0.2) is 12.5 Å². The third-order valence-electron chi connectivity index (χ3n) is 3.41. The molecular weight excluding hydrogens is 288 g/mol. The Labute approximate surface area is 125 Å². The lowest BCUT2D eigenvalue weighted by Gasteiger charge is -2.19. The Balaban J connectivity index is 1.98. The fourth-order valence-electron chi connectivity index (χ4n) is 2.32. The number of carbonyl (C=O) groups excluding carboxylic acids is 1. The molecule has 0 unspecified atom stereocenters. The van der Waals surface area contributed by atoms with Crippen LogP contribution in [0.3, 0.4) is 0 Å². The molecule has 0 spiro atoms. The van der Waals surface area contributed by atoms with E-state index in [1.165, 1.54) is 11.0 Å². The molecule has 0 aliphatic rings. The fraction of sp³-hybridized carbons (Fsp3) is 0.118. The number of furan rings is 1. The predicted molar refractivity (Wildman–Crippen MR) is 79.9 cm³/mol. The number of fused-ring (bicyclic) bond motifs is 1. The van der Waals surface area contributed by atoms with Gasteiger partial charge >= 0.3 is 0 Å². The van der Waals surface area contributed by atoms with Crippen molar-refractivity contribution in [3.63, 3.8) is 0 Å². The van der Waals surface area contributed by atoms with Gasteiger partial charge in [-0.25, -0.2) is 8.78 Å². The Bertz CT molecular complexity index is 809. The van der Waals surface area contributed by atoms with Crippen molar-refractivity contribution < 1.29 is 18.0 Å². The van der Waals surface area contributed by atoms with E-state index in [4.69, 9.17) is 4.42 Å². The lowest BCUT2D eigenvalue weighted by atomic mass is 10.2. The van der Waals surface area contributed by atoms with Crippen LogP contribution in [0.15, 0.2) is 52.9 Å². The molecule has 0 atom stereocenters. The Hall–Kier alpha value is -2.69. The van der Waals surface area contributed by atoms with Crippen LogP contribution in [0.1, 0.15) is 17.5 Å². The van der Waals surface area contributed by atoms with Crippen molar-refractivity contribution in [2.75, 3.05) is 11.4 Å². The van der Waals surface area contributed by atoms with E-state index in [0.717, 1.165) is 17.5 Å². The maximum absolute atomic E-state index is 13.4. The molecule has 1 aromatic heterocycles. The topological polar surface area (TPSA) is 33.5 Å². The molecule has 0 N–H and O–H groups in total. The summed E-state index contributed by atoms with van der Waals surface area (Å²) in [6, 6.07) is 12.3. The number of carbonyl (C=O) groups is 1. The van der Waals surface area contributed by atoms with Crippen LogP contribution in [0.4, 0.5) is 14.5 Å². The number of para-hydroxylation sites is 1. The van der Waals surface area contributed by atoms with Crippen molar-refractivity contribution in [1.29, 1.82) is 0 Å². The molecule has 112 valence electrons. The number of rotatable bonds is 3. The first-order chi connectivity index (χ1) is 10.6. The van der Waals surface area contributed by atoms with Crippen LogP contribution in [0.5, 0.6) is 0 Å². The minimum Gasteiger partial charge on any atom is -0.451 e. The number of anilines is 1. The van der Waals surface area contributed by atoms with Crippen molar-refractivity contribution in [2.45, 2.75) is 6.92 Å². The number of amides is 1. The highest BCUT2D eigenvalue weighted by atomic mass is 19.2. The van der Waals surface area contributed by atoms with Crippen LogP contribution >= 0.6 is 0 Å². The Morgan fingerprint density at radius 3 is 2.55 bits per heavy atom. The van der Waals surface area contributed by atoms with Gasteiger partial charge in [0.25, 0.3) is 5.91 Å². The Morgan fingerprint density at radius 2 is 1.86 bits per heavy atom. The van der Waals surface area contributed by atoms with Gasteiger partial charge in [-0.3, -0.25) is 4.79 Å². The molecule has 0 aliphatic heterocycles. The molecule has 3 rings (SSSR count). The SMILES string of the molecule is CCN(C(=O)c1cc2ccccc2o1)c1ccc(F)c(F)c1. The van der Waals surface area contributed by atoms with Gasteiger partial charge in [-0.05, 0) is 31.2 Å². The normalized spacial score (nSPS) is 10.9. The molecule has 5 heteroatoms. The molecule has 3 nitrogen and oxygen atoms in total. The van der Waals surface area contributed by atoms with E-state index in [9.17, 15) is 13.6 Å². The number of halogens is 2. The summed E-state index contributed by atoms with van der Waals surface area (Å²) < 4.78 is 31.9. The highest BCUT2D eigenvalue weighted by Crippen LogP contribution is 2.24. The summed E-state index contributed by atoms with van der Waals surface area (Å²) in [6.07, 6.45) is 0. The van der Waals surface area contributed by atoms with Gasteiger partial charge in [0, 0.05) is 23.7 Å². The summed E-state index contributed by atoms with van der Waals surface area (Å²) in [5.74, 6) is -2.18. The summed E-state index contributed by atoms with van der Waals surface area (Å²) in [6.45, 7) is 2.06. The van der Waals surface area contributed by atoms with E-state index < -0.39 is 17.5 Å². The quantitative estimate of drug-likeness (QED) is 0.719. The molecule has 1 amide bonds. The van der Waals surface area contributed by atoms with Crippen LogP contribution in [-0.2, 0) is 0 Å². The number of hydrogen-bond donors (Lipinski definition) is 0. The van der Waals surface area contributed by atoms with Crippen LogP contribution in [0.2, 0.25) is 0 Å². The van der Waals surface area contributed by atoms with E-state index in [1.807, 2.05) is 18.2 Å². The van der Waals surface area contributed by atoms with E-state index in [0.29, 0.717) is 12.1 Å². The van der Waals surface area contributed by atoms with Gasteiger partial charge in [-0.1, -0.05) is 18.2 Å². The zero-order valence-corrected chi connectivity index (χ0v) is 11.8. The lowest BCUT2D eigenvalue weighted by molar-refractivity contribution is 0.0963. The molecule has 2 aromatic carbocycles. The van der Waals surface area contributed by atoms with Crippen LogP contribution in [0, 0.1) is 11.6 Å². The van der Waals surface area contributed by atoms with Gasteiger partial charge in [0.2, 0.25) is 0 Å². The van der Waals surface area contributed by atoms with Gasteiger partial charge in [-0.2, -0.15) is 0 Å². The van der Waals surface area contributed by atoms with Gasteiger partial charge in [0.1, 0.15) is 5.58 Å². The van der Waals surface area contributed by atoms with E-state index >= 15 is 0 Å². The summed E-state index contributed by atoms with van der Waals surface area (Å²) in [4.78, 5) is 13.9. The zero-order valence-electron chi connectivity index (χ0n) is 11.8. The maximum atomic E-state index is 13.4. The molecule has 0 bridgehead atoms. The zero-order chi connectivity index (χ0) is 15.7. The molecule has 0 saturated heterocycles. The molecule has 0 fully saturated rings. The Morgan fingerprint density at radius 1 is 1.09 bits per heavy atom. The maximum Gasteiger partial charge on any atom is 0.294 e. The number of hydrogen-bond acceptors (Lipinski definition) is 2. The molecular formula is C17H13F2NO2. The lowest BCUT2D eigenvalue weighted by Crippen LogP contribution is -2.30. The monoisotopic (exact) mass is 301 g/mol. The fourth-order valence-corrected chi connectivity index (χ4v) is 2.32. The average molecular weight is 301 g/mol. The molecule has 22 heavy (non-hydrogen) atoms. The number of benzene rings is 2. The van der Waals surface area contributed by atoms with Crippen LogP contribution < -0.4 is 4.90 Å². The molecule has 0 saturated carbocycles. The average Bonchev–Trinajstić information content (AvgIpc) is 2.95. The summed E-state index contributed by atoms with van der Waals surface area (Å²) in [7, 11) is 0. The predicted octanol–water partition coefficient (Wildman–Crippen LogP) is 4.38. The third kappa shape index (κ3) is 2.45. The van der Waals surface area contributed by atoms with Crippen molar-refractivity contribution in [1.82, 2.24) is 0 Å². The second-order valence-electron chi connectivity index (χ2n) is 4.80. The van der Waals surface area contributed by atoms with Crippen LogP contribution in [0.25, 0.3) is 11.0 Å². The van der Waals surface area contributed by atoms with Crippen molar-refractivity contribution in [3.8, 4) is 0 Å². The van der Waals surface area contributed by atoms with Crippen molar-refractivity contribution in [2.24, 2.45) is 0 Å². The molecule has 0 radical (unpaired) electrons. The minimum absolute atomic E-state index is 0.160. The second-order valence-corrected chi connectivity index (χ2v) is 4.80. The highest BCUT2D eigenvalue weighted by molar-refractivity contribution is 6.06. The summed E-state index contributed by atoms with van der Waals surface area (Å²) in [5, 5.41) is 0.812. The van der Waals surface area contributed by atoms with Gasteiger partial charge in [0.15, 0.2) is 17.4 Å². The third-order valence-corrected chi connectivity index (χ3v) is 3.41. The molecule has 3 aromatic rings. The van der Waals surface area contributed by atoms with Gasteiger partial charge < -0.3 is 9.32 Å². The first kappa shape index (κ1) is 14.3. The number of nitrogens with zero attached hydrogens (tertiary/aromatic N) is 1. The summed E-state index contributed by atoms with van der Waals surface area (Å²) >= 11 is 0. The minimum atomic E-state index is -0.992. The smallest absolute Gasteiger partial charge is 0.294 e.